The molecule has 2 amide bonds. The maximum absolute atomic E-state index is 12.2. The molecule has 5 nitrogen and oxygen atoms in total. The fourth-order valence-corrected chi connectivity index (χ4v) is 2.85. The summed E-state index contributed by atoms with van der Waals surface area (Å²) >= 11 is 0. The summed E-state index contributed by atoms with van der Waals surface area (Å²) in [6.07, 6.45) is 2.55. The average molecular weight is 254 g/mol. The van der Waals surface area contributed by atoms with Gasteiger partial charge < -0.3 is 14.5 Å². The van der Waals surface area contributed by atoms with E-state index in [1.54, 1.807) is 12.0 Å². The Balaban J connectivity index is 1.93. The number of hydrogen-bond donors (Lipinski definition) is 0. The number of rotatable bonds is 4. The molecule has 0 aromatic rings. The molecule has 0 aromatic carbocycles. The zero-order chi connectivity index (χ0) is 13.1. The van der Waals surface area contributed by atoms with E-state index in [1.807, 2.05) is 11.8 Å². The van der Waals surface area contributed by atoms with Crippen molar-refractivity contribution in [3.63, 3.8) is 0 Å². The molecule has 2 heterocycles. The van der Waals surface area contributed by atoms with Crippen molar-refractivity contribution >= 4 is 11.8 Å². The van der Waals surface area contributed by atoms with Crippen LogP contribution in [0.3, 0.4) is 0 Å². The van der Waals surface area contributed by atoms with Crippen LogP contribution < -0.4 is 0 Å². The normalized spacial score (nSPS) is 25.9. The fourth-order valence-electron chi connectivity index (χ4n) is 2.85. The van der Waals surface area contributed by atoms with E-state index in [4.69, 9.17) is 4.74 Å². The molecule has 0 unspecified atom stereocenters. The van der Waals surface area contributed by atoms with Gasteiger partial charge in [0, 0.05) is 33.2 Å². The van der Waals surface area contributed by atoms with E-state index in [-0.39, 0.29) is 23.8 Å². The molecular formula is C13H22N2O3. The summed E-state index contributed by atoms with van der Waals surface area (Å²) in [5.41, 5.74) is 0. The number of nitrogens with zero attached hydrogens (tertiary/aromatic N) is 2. The summed E-state index contributed by atoms with van der Waals surface area (Å²) in [6.45, 7) is 4.76. The number of carbonyl (C=O) groups is 2. The van der Waals surface area contributed by atoms with Crippen LogP contribution in [0.4, 0.5) is 0 Å². The first-order chi connectivity index (χ1) is 8.63. The second kappa shape index (κ2) is 5.69. The lowest BCUT2D eigenvalue weighted by atomic mass is 10.1. The number of carbonyl (C=O) groups excluding carboxylic acids is 2. The number of methoxy groups -OCH3 is 1. The van der Waals surface area contributed by atoms with Gasteiger partial charge in [-0.05, 0) is 19.8 Å². The van der Waals surface area contributed by atoms with Gasteiger partial charge in [-0.2, -0.15) is 0 Å². The summed E-state index contributed by atoms with van der Waals surface area (Å²) in [5.74, 6) is 0.0972. The standard InChI is InChI=1S/C13H22N2O3/c1-10(9-18-2)15-8-11(7-12(15)16)13(17)14-5-3-4-6-14/h10-11H,3-9H2,1-2H3/t10-,11+/m0/s1. The predicted molar refractivity (Wildman–Crippen MR) is 67.0 cm³/mol. The molecule has 18 heavy (non-hydrogen) atoms. The number of likely N-dealkylation sites (tertiary alicyclic amines) is 2. The molecule has 2 saturated heterocycles. The molecule has 2 aliphatic heterocycles. The molecular weight excluding hydrogens is 232 g/mol. The first kappa shape index (κ1) is 13.3. The van der Waals surface area contributed by atoms with E-state index in [1.165, 1.54) is 0 Å². The fraction of sp³-hybridized carbons (Fsp3) is 0.846. The minimum absolute atomic E-state index is 0.0545. The van der Waals surface area contributed by atoms with Crippen LogP contribution in [0.1, 0.15) is 26.2 Å². The summed E-state index contributed by atoms with van der Waals surface area (Å²) in [5, 5.41) is 0. The molecule has 0 bridgehead atoms. The van der Waals surface area contributed by atoms with Gasteiger partial charge in [0.2, 0.25) is 11.8 Å². The van der Waals surface area contributed by atoms with E-state index in [9.17, 15) is 9.59 Å². The number of ether oxygens (including phenoxy) is 1. The lowest BCUT2D eigenvalue weighted by Crippen LogP contribution is -2.39. The maximum atomic E-state index is 12.2. The van der Waals surface area contributed by atoms with E-state index in [2.05, 4.69) is 0 Å². The highest BCUT2D eigenvalue weighted by atomic mass is 16.5. The summed E-state index contributed by atoms with van der Waals surface area (Å²) in [6, 6.07) is 0.0545. The molecule has 0 radical (unpaired) electrons. The van der Waals surface area contributed by atoms with Crippen LogP contribution in [0.15, 0.2) is 0 Å². The Morgan fingerprint density at radius 3 is 2.72 bits per heavy atom. The van der Waals surface area contributed by atoms with Gasteiger partial charge in [-0.1, -0.05) is 0 Å². The Bertz CT molecular complexity index is 326. The number of amides is 2. The van der Waals surface area contributed by atoms with Crippen molar-refractivity contribution in [1.29, 1.82) is 0 Å². The SMILES string of the molecule is COC[C@H](C)N1C[C@H](C(=O)N2CCCC2)CC1=O. The Labute approximate surface area is 108 Å². The van der Waals surface area contributed by atoms with Crippen LogP contribution >= 0.6 is 0 Å². The highest BCUT2D eigenvalue weighted by molar-refractivity contribution is 5.89. The zero-order valence-electron chi connectivity index (χ0n) is 11.2. The van der Waals surface area contributed by atoms with Gasteiger partial charge >= 0.3 is 0 Å². The van der Waals surface area contributed by atoms with Crippen LogP contribution in [0, 0.1) is 5.92 Å². The largest absolute Gasteiger partial charge is 0.383 e. The van der Waals surface area contributed by atoms with Crippen LogP contribution in [-0.2, 0) is 14.3 Å². The Morgan fingerprint density at radius 1 is 1.44 bits per heavy atom. The second-order valence-electron chi connectivity index (χ2n) is 5.28. The minimum atomic E-state index is -0.144. The Kier molecular flexibility index (Phi) is 4.22. The third kappa shape index (κ3) is 2.66. The van der Waals surface area contributed by atoms with Crippen molar-refractivity contribution in [1.82, 2.24) is 9.80 Å². The van der Waals surface area contributed by atoms with E-state index in [0.29, 0.717) is 19.6 Å². The van der Waals surface area contributed by atoms with Crippen molar-refractivity contribution in [2.75, 3.05) is 33.4 Å². The zero-order valence-corrected chi connectivity index (χ0v) is 11.2. The van der Waals surface area contributed by atoms with Crippen molar-refractivity contribution in [3.8, 4) is 0 Å². The van der Waals surface area contributed by atoms with Crippen LogP contribution in [0.25, 0.3) is 0 Å². The van der Waals surface area contributed by atoms with Gasteiger partial charge in [-0.25, -0.2) is 0 Å². The third-order valence-corrected chi connectivity index (χ3v) is 3.87. The molecule has 0 aliphatic carbocycles. The molecule has 0 saturated carbocycles. The van der Waals surface area contributed by atoms with Crippen molar-refractivity contribution < 1.29 is 14.3 Å². The Hall–Kier alpha value is -1.10. The van der Waals surface area contributed by atoms with Gasteiger partial charge in [-0.3, -0.25) is 9.59 Å². The quantitative estimate of drug-likeness (QED) is 0.733. The summed E-state index contributed by atoms with van der Waals surface area (Å²) in [4.78, 5) is 27.8. The minimum Gasteiger partial charge on any atom is -0.383 e. The van der Waals surface area contributed by atoms with Gasteiger partial charge in [0.1, 0.15) is 0 Å². The molecule has 2 rings (SSSR count). The van der Waals surface area contributed by atoms with E-state index in [0.717, 1.165) is 25.9 Å². The molecule has 0 aromatic heterocycles. The van der Waals surface area contributed by atoms with Gasteiger partial charge in [0.15, 0.2) is 0 Å². The highest BCUT2D eigenvalue weighted by Crippen LogP contribution is 2.24. The van der Waals surface area contributed by atoms with Crippen molar-refractivity contribution in [2.45, 2.75) is 32.2 Å². The van der Waals surface area contributed by atoms with E-state index < -0.39 is 0 Å². The molecule has 0 spiro atoms. The van der Waals surface area contributed by atoms with E-state index >= 15 is 0 Å². The third-order valence-electron chi connectivity index (χ3n) is 3.87. The van der Waals surface area contributed by atoms with Crippen LogP contribution in [0.5, 0.6) is 0 Å². The molecule has 0 N–H and O–H groups in total. The van der Waals surface area contributed by atoms with Crippen molar-refractivity contribution in [3.05, 3.63) is 0 Å². The maximum Gasteiger partial charge on any atom is 0.227 e. The Morgan fingerprint density at radius 2 is 2.11 bits per heavy atom. The topological polar surface area (TPSA) is 49.9 Å². The van der Waals surface area contributed by atoms with Crippen LogP contribution in [-0.4, -0.2) is 61.0 Å². The molecule has 102 valence electrons. The van der Waals surface area contributed by atoms with Gasteiger partial charge in [-0.15, -0.1) is 0 Å². The van der Waals surface area contributed by atoms with Crippen molar-refractivity contribution in [2.24, 2.45) is 5.92 Å². The average Bonchev–Trinajstić information content (AvgIpc) is 2.97. The van der Waals surface area contributed by atoms with Crippen LogP contribution in [0.2, 0.25) is 0 Å². The summed E-state index contributed by atoms with van der Waals surface area (Å²) < 4.78 is 5.07. The van der Waals surface area contributed by atoms with Gasteiger partial charge in [0.25, 0.3) is 0 Å². The lowest BCUT2D eigenvalue weighted by molar-refractivity contribution is -0.134. The lowest BCUT2D eigenvalue weighted by Gasteiger charge is -2.25. The first-order valence-corrected chi connectivity index (χ1v) is 6.70. The molecule has 2 aliphatic rings. The van der Waals surface area contributed by atoms with Gasteiger partial charge in [0.05, 0.1) is 18.6 Å². The number of hydrogen-bond acceptors (Lipinski definition) is 3. The monoisotopic (exact) mass is 254 g/mol. The molecule has 5 heteroatoms. The predicted octanol–water partition coefficient (Wildman–Crippen LogP) is 0.492. The molecule has 2 atom stereocenters. The highest BCUT2D eigenvalue weighted by Gasteiger charge is 2.38. The molecule has 2 fully saturated rings. The second-order valence-corrected chi connectivity index (χ2v) is 5.28. The smallest absolute Gasteiger partial charge is 0.227 e. The summed E-state index contributed by atoms with van der Waals surface area (Å²) in [7, 11) is 1.63. The first-order valence-electron chi connectivity index (χ1n) is 6.70.